The van der Waals surface area contributed by atoms with E-state index in [2.05, 4.69) is 63.7 Å². The highest BCUT2D eigenvalue weighted by Gasteiger charge is 2.46. The fourth-order valence-electron chi connectivity index (χ4n) is 2.82. The number of halogens is 1. The molecule has 4 heteroatoms. The average molecular weight is 358 g/mol. The fraction of sp³-hybridized carbons (Fsp3) is 0.571. The molecule has 2 aliphatic rings. The molecule has 1 aromatic carbocycles. The minimum Gasteiger partial charge on any atom is -0.377 e. The van der Waals surface area contributed by atoms with Crippen LogP contribution in [0.1, 0.15) is 5.56 Å². The Hall–Kier alpha value is -0.170. The zero-order chi connectivity index (χ0) is 12.6. The summed E-state index contributed by atoms with van der Waals surface area (Å²) >= 11 is 2.36. The monoisotopic (exact) mass is 358 g/mol. The van der Waals surface area contributed by atoms with Gasteiger partial charge in [0.25, 0.3) is 0 Å². The zero-order valence-electron chi connectivity index (χ0n) is 10.7. The molecule has 0 unspecified atom stereocenters. The highest BCUT2D eigenvalue weighted by molar-refractivity contribution is 14.1. The Bertz CT molecular complexity index is 408. The van der Waals surface area contributed by atoms with Gasteiger partial charge in [0.2, 0.25) is 0 Å². The largest absolute Gasteiger partial charge is 0.377 e. The molecule has 0 radical (unpaired) electrons. The van der Waals surface area contributed by atoms with Crippen molar-refractivity contribution in [1.29, 1.82) is 0 Å². The Labute approximate surface area is 122 Å². The second kappa shape index (κ2) is 5.07. The number of ether oxygens (including phenoxy) is 1. The summed E-state index contributed by atoms with van der Waals surface area (Å²) in [5.41, 5.74) is 1.56. The first-order valence-electron chi connectivity index (χ1n) is 6.48. The van der Waals surface area contributed by atoms with Gasteiger partial charge >= 0.3 is 0 Å². The van der Waals surface area contributed by atoms with E-state index in [0.717, 1.165) is 39.4 Å². The van der Waals surface area contributed by atoms with Crippen LogP contribution in [0.25, 0.3) is 0 Å². The fourth-order valence-corrected chi connectivity index (χ4v) is 3.18. The molecule has 0 amide bonds. The van der Waals surface area contributed by atoms with Crippen molar-refractivity contribution in [1.82, 2.24) is 9.80 Å². The van der Waals surface area contributed by atoms with Crippen LogP contribution in [0.15, 0.2) is 24.3 Å². The maximum Gasteiger partial charge on any atom is 0.0934 e. The lowest BCUT2D eigenvalue weighted by Gasteiger charge is -2.52. The van der Waals surface area contributed by atoms with E-state index >= 15 is 0 Å². The highest BCUT2D eigenvalue weighted by Crippen LogP contribution is 2.36. The van der Waals surface area contributed by atoms with Gasteiger partial charge < -0.3 is 9.64 Å². The van der Waals surface area contributed by atoms with Gasteiger partial charge in [0.1, 0.15) is 0 Å². The van der Waals surface area contributed by atoms with Crippen LogP contribution in [0.3, 0.4) is 0 Å². The predicted molar refractivity (Wildman–Crippen MR) is 80.7 cm³/mol. The summed E-state index contributed by atoms with van der Waals surface area (Å²) in [4.78, 5) is 5.01. The first-order valence-corrected chi connectivity index (χ1v) is 7.56. The molecular formula is C14H19IN2O. The summed E-state index contributed by atoms with van der Waals surface area (Å²) in [6.45, 7) is 6.30. The van der Waals surface area contributed by atoms with Crippen LogP contribution in [0.2, 0.25) is 0 Å². The van der Waals surface area contributed by atoms with E-state index in [4.69, 9.17) is 4.74 Å². The summed E-state index contributed by atoms with van der Waals surface area (Å²) in [6, 6.07) is 8.93. The summed E-state index contributed by atoms with van der Waals surface area (Å²) < 4.78 is 6.84. The molecular weight excluding hydrogens is 339 g/mol. The van der Waals surface area contributed by atoms with Gasteiger partial charge in [-0.2, -0.15) is 0 Å². The Balaban J connectivity index is 1.83. The first kappa shape index (κ1) is 12.8. The van der Waals surface area contributed by atoms with Gasteiger partial charge in [-0.1, -0.05) is 12.1 Å². The van der Waals surface area contributed by atoms with Gasteiger partial charge in [-0.3, -0.25) is 4.90 Å². The molecule has 1 aromatic rings. The lowest BCUT2D eigenvalue weighted by atomic mass is 9.85. The van der Waals surface area contributed by atoms with Gasteiger partial charge in [0.05, 0.1) is 18.8 Å². The lowest BCUT2D eigenvalue weighted by molar-refractivity contribution is -0.155. The lowest BCUT2D eigenvalue weighted by Crippen LogP contribution is -2.63. The highest BCUT2D eigenvalue weighted by atomic mass is 127. The normalized spacial score (nSPS) is 24.8. The van der Waals surface area contributed by atoms with Gasteiger partial charge in [-0.25, -0.2) is 0 Å². The molecule has 98 valence electrons. The number of piperazine rings is 1. The minimum atomic E-state index is 0.144. The summed E-state index contributed by atoms with van der Waals surface area (Å²) in [5, 5.41) is 0. The average Bonchev–Trinajstić information content (AvgIpc) is 2.32. The standard InChI is InChI=1S/C14H19IN2O/c1-16-6-8-17(9-7-16)14(10-18-11-14)12-2-4-13(15)5-3-12/h2-5H,6-11H2,1H3. The molecule has 2 heterocycles. The molecule has 0 saturated carbocycles. The molecule has 0 aromatic heterocycles. The zero-order valence-corrected chi connectivity index (χ0v) is 12.9. The third kappa shape index (κ3) is 2.19. The van der Waals surface area contributed by atoms with E-state index in [0.29, 0.717) is 0 Å². The van der Waals surface area contributed by atoms with Gasteiger partial charge in [-0.05, 0) is 47.3 Å². The second-order valence-corrected chi connectivity index (χ2v) is 6.57. The van der Waals surface area contributed by atoms with Gasteiger partial charge in [0, 0.05) is 29.7 Å². The minimum absolute atomic E-state index is 0.144. The van der Waals surface area contributed by atoms with E-state index in [9.17, 15) is 0 Å². The van der Waals surface area contributed by atoms with Crippen molar-refractivity contribution >= 4 is 22.6 Å². The van der Waals surface area contributed by atoms with Crippen LogP contribution < -0.4 is 0 Å². The molecule has 0 aliphatic carbocycles. The van der Waals surface area contributed by atoms with Crippen LogP contribution in [0.5, 0.6) is 0 Å². The van der Waals surface area contributed by atoms with Gasteiger partial charge in [-0.15, -0.1) is 0 Å². The van der Waals surface area contributed by atoms with E-state index in [1.54, 1.807) is 0 Å². The molecule has 3 nitrogen and oxygen atoms in total. The van der Waals surface area contributed by atoms with Crippen LogP contribution in [0, 0.1) is 3.57 Å². The predicted octanol–water partition coefficient (Wildman–Crippen LogP) is 1.76. The summed E-state index contributed by atoms with van der Waals surface area (Å²) in [5.74, 6) is 0. The molecule has 2 fully saturated rings. The third-order valence-corrected chi connectivity index (χ3v) is 4.89. The topological polar surface area (TPSA) is 15.7 Å². The SMILES string of the molecule is CN1CCN(C2(c3ccc(I)cc3)COC2)CC1. The first-order chi connectivity index (χ1) is 8.71. The summed E-state index contributed by atoms with van der Waals surface area (Å²) in [6.07, 6.45) is 0. The smallest absolute Gasteiger partial charge is 0.0934 e. The third-order valence-electron chi connectivity index (χ3n) is 4.17. The molecule has 0 N–H and O–H groups in total. The number of hydrogen-bond donors (Lipinski definition) is 0. The maximum atomic E-state index is 5.55. The molecule has 2 saturated heterocycles. The molecule has 0 bridgehead atoms. The molecule has 18 heavy (non-hydrogen) atoms. The van der Waals surface area contributed by atoms with E-state index < -0.39 is 0 Å². The van der Waals surface area contributed by atoms with Crippen LogP contribution in [-0.2, 0) is 10.3 Å². The van der Waals surface area contributed by atoms with Crippen molar-refractivity contribution in [2.45, 2.75) is 5.54 Å². The maximum absolute atomic E-state index is 5.55. The number of likely N-dealkylation sites (N-methyl/N-ethyl adjacent to an activating group) is 1. The molecule has 0 spiro atoms. The number of nitrogens with zero attached hydrogens (tertiary/aromatic N) is 2. The van der Waals surface area contributed by atoms with Crippen molar-refractivity contribution in [2.75, 3.05) is 46.4 Å². The van der Waals surface area contributed by atoms with Crippen LogP contribution >= 0.6 is 22.6 Å². The van der Waals surface area contributed by atoms with Crippen molar-refractivity contribution in [3.8, 4) is 0 Å². The van der Waals surface area contributed by atoms with Crippen molar-refractivity contribution in [3.05, 3.63) is 33.4 Å². The number of benzene rings is 1. The van der Waals surface area contributed by atoms with Crippen LogP contribution in [-0.4, -0.2) is 56.2 Å². The Kier molecular flexibility index (Phi) is 3.62. The van der Waals surface area contributed by atoms with E-state index in [1.165, 1.54) is 9.13 Å². The van der Waals surface area contributed by atoms with Crippen molar-refractivity contribution < 1.29 is 4.74 Å². The van der Waals surface area contributed by atoms with Crippen LogP contribution in [0.4, 0.5) is 0 Å². The van der Waals surface area contributed by atoms with E-state index in [-0.39, 0.29) is 5.54 Å². The summed E-state index contributed by atoms with van der Waals surface area (Å²) in [7, 11) is 2.20. The molecule has 3 rings (SSSR count). The molecule has 2 aliphatic heterocycles. The molecule has 0 atom stereocenters. The number of hydrogen-bond acceptors (Lipinski definition) is 3. The van der Waals surface area contributed by atoms with Crippen molar-refractivity contribution in [3.63, 3.8) is 0 Å². The quantitative estimate of drug-likeness (QED) is 0.750. The van der Waals surface area contributed by atoms with Crippen molar-refractivity contribution in [2.24, 2.45) is 0 Å². The Morgan fingerprint density at radius 3 is 2.17 bits per heavy atom. The Morgan fingerprint density at radius 2 is 1.67 bits per heavy atom. The number of rotatable bonds is 2. The van der Waals surface area contributed by atoms with Gasteiger partial charge in [0.15, 0.2) is 0 Å². The second-order valence-electron chi connectivity index (χ2n) is 5.32. The Morgan fingerprint density at radius 1 is 1.06 bits per heavy atom. The van der Waals surface area contributed by atoms with E-state index in [1.807, 2.05) is 0 Å².